The van der Waals surface area contributed by atoms with Crippen molar-refractivity contribution in [2.24, 2.45) is 0 Å². The van der Waals surface area contributed by atoms with Crippen LogP contribution in [0.1, 0.15) is 18.3 Å². The lowest BCUT2D eigenvalue weighted by Crippen LogP contribution is -1.96. The van der Waals surface area contributed by atoms with Gasteiger partial charge in [0, 0.05) is 22.2 Å². The van der Waals surface area contributed by atoms with Crippen LogP contribution in [-0.2, 0) is 6.42 Å². The van der Waals surface area contributed by atoms with Crippen molar-refractivity contribution in [2.45, 2.75) is 20.3 Å². The Bertz CT molecular complexity index is 1320. The summed E-state index contributed by atoms with van der Waals surface area (Å²) in [4.78, 5) is 9.96. The second-order valence-corrected chi connectivity index (χ2v) is 7.42. The summed E-state index contributed by atoms with van der Waals surface area (Å²) in [6.45, 7) is 4.22. The molecule has 0 atom stereocenters. The van der Waals surface area contributed by atoms with Crippen molar-refractivity contribution in [1.29, 1.82) is 0 Å². The summed E-state index contributed by atoms with van der Waals surface area (Å²) in [6.07, 6.45) is 0.892. The molecule has 0 N–H and O–H groups in total. The van der Waals surface area contributed by atoms with E-state index in [1.165, 1.54) is 22.3 Å². The Morgan fingerprint density at radius 1 is 0.621 bits per heavy atom. The second-order valence-electron chi connectivity index (χ2n) is 7.42. The topological polar surface area (TPSA) is 25.8 Å². The molecule has 0 spiro atoms. The number of pyridine rings is 2. The minimum Gasteiger partial charge on any atom is -0.251 e. The lowest BCUT2D eigenvalue weighted by molar-refractivity contribution is 1.06. The van der Waals surface area contributed by atoms with Crippen LogP contribution in [0.2, 0.25) is 0 Å². The Balaban J connectivity index is 1.89. The molecule has 3 aromatic carbocycles. The number of hydrogen-bond donors (Lipinski definition) is 0. The van der Waals surface area contributed by atoms with Gasteiger partial charge < -0.3 is 0 Å². The van der Waals surface area contributed by atoms with Crippen molar-refractivity contribution >= 4 is 21.8 Å². The zero-order chi connectivity index (χ0) is 19.8. The number of rotatable bonds is 3. The van der Waals surface area contributed by atoms with E-state index in [2.05, 4.69) is 98.8 Å². The van der Waals surface area contributed by atoms with Gasteiger partial charge in [-0.2, -0.15) is 0 Å². The molecular formula is C27H22N2. The van der Waals surface area contributed by atoms with Crippen LogP contribution < -0.4 is 0 Å². The van der Waals surface area contributed by atoms with Crippen molar-refractivity contribution in [3.05, 3.63) is 96.3 Å². The maximum Gasteiger partial charge on any atom is 0.0974 e. The zero-order valence-corrected chi connectivity index (χ0v) is 16.7. The van der Waals surface area contributed by atoms with Gasteiger partial charge in [0.2, 0.25) is 0 Å². The number of nitrogens with zero attached hydrogens (tertiary/aromatic N) is 2. The summed E-state index contributed by atoms with van der Waals surface area (Å²) in [7, 11) is 0. The van der Waals surface area contributed by atoms with E-state index in [0.717, 1.165) is 39.6 Å². The molecule has 2 heterocycles. The molecule has 2 aromatic heterocycles. The van der Waals surface area contributed by atoms with E-state index in [9.17, 15) is 0 Å². The predicted octanol–water partition coefficient (Wildman–Crippen LogP) is 6.99. The summed E-state index contributed by atoms with van der Waals surface area (Å²) < 4.78 is 0. The van der Waals surface area contributed by atoms with Crippen LogP contribution in [0, 0.1) is 6.92 Å². The van der Waals surface area contributed by atoms with Gasteiger partial charge >= 0.3 is 0 Å². The minimum absolute atomic E-state index is 0.892. The van der Waals surface area contributed by atoms with Gasteiger partial charge in [-0.25, -0.2) is 0 Å². The fourth-order valence-corrected chi connectivity index (χ4v) is 4.05. The molecule has 2 nitrogen and oxygen atoms in total. The third kappa shape index (κ3) is 3.07. The van der Waals surface area contributed by atoms with E-state index in [1.807, 2.05) is 0 Å². The summed E-state index contributed by atoms with van der Waals surface area (Å²) in [5, 5.41) is 2.30. The predicted molar refractivity (Wildman–Crippen MR) is 122 cm³/mol. The molecule has 5 rings (SSSR count). The average molecular weight is 374 g/mol. The van der Waals surface area contributed by atoms with E-state index < -0.39 is 0 Å². The van der Waals surface area contributed by atoms with E-state index in [4.69, 9.17) is 9.97 Å². The van der Waals surface area contributed by atoms with Crippen LogP contribution in [0.4, 0.5) is 0 Å². The minimum atomic E-state index is 0.892. The molecule has 29 heavy (non-hydrogen) atoms. The first kappa shape index (κ1) is 17.6. The van der Waals surface area contributed by atoms with Crippen molar-refractivity contribution in [3.63, 3.8) is 0 Å². The Hall–Kier alpha value is -3.52. The highest BCUT2D eigenvalue weighted by molar-refractivity contribution is 6.12. The smallest absolute Gasteiger partial charge is 0.0974 e. The van der Waals surface area contributed by atoms with Crippen molar-refractivity contribution in [3.8, 4) is 22.3 Å². The molecule has 0 amide bonds. The molecule has 5 aromatic rings. The van der Waals surface area contributed by atoms with E-state index in [-0.39, 0.29) is 0 Å². The third-order valence-corrected chi connectivity index (χ3v) is 5.47. The van der Waals surface area contributed by atoms with Gasteiger partial charge in [0.25, 0.3) is 0 Å². The molecule has 0 aliphatic heterocycles. The molecule has 0 radical (unpaired) electrons. The van der Waals surface area contributed by atoms with Crippen LogP contribution >= 0.6 is 0 Å². The number of aromatic nitrogens is 2. The van der Waals surface area contributed by atoms with Crippen LogP contribution in [-0.4, -0.2) is 9.97 Å². The summed E-state index contributed by atoms with van der Waals surface area (Å²) in [5.74, 6) is 0. The summed E-state index contributed by atoms with van der Waals surface area (Å²) in [5.41, 5.74) is 8.92. The largest absolute Gasteiger partial charge is 0.251 e. The van der Waals surface area contributed by atoms with Crippen LogP contribution in [0.5, 0.6) is 0 Å². The molecular weight excluding hydrogens is 352 g/mol. The molecule has 0 aliphatic rings. The Kier molecular flexibility index (Phi) is 4.33. The average Bonchev–Trinajstić information content (AvgIpc) is 2.78. The van der Waals surface area contributed by atoms with Gasteiger partial charge in [-0.15, -0.1) is 0 Å². The highest BCUT2D eigenvalue weighted by Crippen LogP contribution is 2.36. The highest BCUT2D eigenvalue weighted by Gasteiger charge is 2.14. The van der Waals surface area contributed by atoms with Gasteiger partial charge in [-0.1, -0.05) is 79.7 Å². The Morgan fingerprint density at radius 3 is 1.69 bits per heavy atom. The van der Waals surface area contributed by atoms with Crippen LogP contribution in [0.25, 0.3) is 44.1 Å². The summed E-state index contributed by atoms with van der Waals surface area (Å²) >= 11 is 0. The van der Waals surface area contributed by atoms with Gasteiger partial charge in [-0.05, 0) is 47.7 Å². The molecule has 0 aliphatic carbocycles. The lowest BCUT2D eigenvalue weighted by atomic mass is 9.95. The number of benzene rings is 3. The number of hydrogen-bond acceptors (Lipinski definition) is 2. The first-order chi connectivity index (χ1) is 14.2. The molecule has 140 valence electrons. The first-order valence-corrected chi connectivity index (χ1v) is 10.1. The van der Waals surface area contributed by atoms with Crippen LogP contribution in [0.15, 0.2) is 84.9 Å². The normalized spacial score (nSPS) is 11.2. The fraction of sp³-hybridized carbons (Fsp3) is 0.111. The first-order valence-electron chi connectivity index (χ1n) is 10.1. The molecule has 0 bridgehead atoms. The van der Waals surface area contributed by atoms with Gasteiger partial charge in [0.1, 0.15) is 0 Å². The standard InChI is InChI=1S/C27H22N2/c1-3-21-17-25(20-12-8-5-9-13-20)23-15-14-22-24(19-10-6-4-7-11-19)16-18(2)28-26(22)27(23)29-21/h4-17H,3H2,1-2H3. The maximum absolute atomic E-state index is 5.02. The van der Waals surface area contributed by atoms with E-state index in [0.29, 0.717) is 0 Å². The maximum atomic E-state index is 5.02. The Labute approximate surface area is 170 Å². The molecule has 0 saturated heterocycles. The Morgan fingerprint density at radius 2 is 1.14 bits per heavy atom. The monoisotopic (exact) mass is 374 g/mol. The van der Waals surface area contributed by atoms with Gasteiger partial charge in [-0.3, -0.25) is 9.97 Å². The highest BCUT2D eigenvalue weighted by atomic mass is 14.8. The number of aryl methyl sites for hydroxylation is 2. The second kappa shape index (κ2) is 7.14. The van der Waals surface area contributed by atoms with Crippen molar-refractivity contribution in [1.82, 2.24) is 9.97 Å². The van der Waals surface area contributed by atoms with Crippen molar-refractivity contribution in [2.75, 3.05) is 0 Å². The van der Waals surface area contributed by atoms with Gasteiger partial charge in [0.15, 0.2) is 0 Å². The van der Waals surface area contributed by atoms with Crippen molar-refractivity contribution < 1.29 is 0 Å². The van der Waals surface area contributed by atoms with E-state index >= 15 is 0 Å². The molecule has 2 heteroatoms. The molecule has 0 saturated carbocycles. The molecule has 0 fully saturated rings. The lowest BCUT2D eigenvalue weighted by Gasteiger charge is -2.14. The zero-order valence-electron chi connectivity index (χ0n) is 16.7. The summed E-state index contributed by atoms with van der Waals surface area (Å²) in [6, 6.07) is 29.9. The quantitative estimate of drug-likeness (QED) is 0.318. The number of fused-ring (bicyclic) bond motifs is 3. The van der Waals surface area contributed by atoms with Gasteiger partial charge in [0.05, 0.1) is 11.0 Å². The fourth-order valence-electron chi connectivity index (χ4n) is 4.05. The SMILES string of the molecule is CCc1cc(-c2ccccc2)c2ccc3c(-c4ccccc4)cc(C)nc3c2n1. The van der Waals surface area contributed by atoms with E-state index in [1.54, 1.807) is 0 Å². The third-order valence-electron chi connectivity index (χ3n) is 5.47. The van der Waals surface area contributed by atoms with Crippen LogP contribution in [0.3, 0.4) is 0 Å². The molecule has 0 unspecified atom stereocenters.